The highest BCUT2D eigenvalue weighted by Crippen LogP contribution is 2.23. The minimum atomic E-state index is 0.250. The van der Waals surface area contributed by atoms with Crippen molar-refractivity contribution in [3.63, 3.8) is 0 Å². The fourth-order valence-corrected chi connectivity index (χ4v) is 1.22. The van der Waals surface area contributed by atoms with E-state index in [1.54, 1.807) is 12.3 Å². The molecule has 0 fully saturated rings. The van der Waals surface area contributed by atoms with Gasteiger partial charge in [-0.1, -0.05) is 11.6 Å². The SMILES string of the molecule is Cc1cc2c(Cl)ccnc2o1.O=C=O. The van der Waals surface area contributed by atoms with E-state index in [0.717, 1.165) is 11.1 Å². The van der Waals surface area contributed by atoms with Crippen LogP contribution in [-0.2, 0) is 9.59 Å². The molecule has 2 aromatic rings. The molecule has 0 saturated carbocycles. The van der Waals surface area contributed by atoms with Crippen LogP contribution in [0.25, 0.3) is 11.1 Å². The van der Waals surface area contributed by atoms with Crippen molar-refractivity contribution in [1.82, 2.24) is 4.98 Å². The molecule has 2 heterocycles. The lowest BCUT2D eigenvalue weighted by Gasteiger charge is -1.87. The van der Waals surface area contributed by atoms with Crippen LogP contribution in [-0.4, -0.2) is 11.1 Å². The number of halogens is 1. The predicted octanol–water partition coefficient (Wildman–Crippen LogP) is 2.21. The Kier molecular flexibility index (Phi) is 3.40. The molecule has 0 bridgehead atoms. The van der Waals surface area contributed by atoms with E-state index in [0.29, 0.717) is 10.7 Å². The highest BCUT2D eigenvalue weighted by Gasteiger charge is 2.03. The van der Waals surface area contributed by atoms with Crippen LogP contribution >= 0.6 is 11.6 Å². The molecule has 0 aromatic carbocycles. The zero-order chi connectivity index (χ0) is 10.6. The molecular weight excluding hydrogens is 206 g/mol. The summed E-state index contributed by atoms with van der Waals surface area (Å²) >= 11 is 5.87. The largest absolute Gasteiger partial charge is 0.443 e. The molecule has 0 atom stereocenters. The Labute approximate surface area is 84.5 Å². The average Bonchev–Trinajstić information content (AvgIpc) is 2.48. The van der Waals surface area contributed by atoms with E-state index in [-0.39, 0.29) is 6.15 Å². The van der Waals surface area contributed by atoms with Crippen molar-refractivity contribution in [2.75, 3.05) is 0 Å². The van der Waals surface area contributed by atoms with E-state index in [4.69, 9.17) is 25.6 Å². The molecule has 0 aliphatic carbocycles. The predicted molar refractivity (Wildman–Crippen MR) is 48.8 cm³/mol. The van der Waals surface area contributed by atoms with E-state index in [9.17, 15) is 0 Å². The molecule has 2 rings (SSSR count). The van der Waals surface area contributed by atoms with Crippen LogP contribution in [0.3, 0.4) is 0 Å². The number of aryl methyl sites for hydroxylation is 1. The van der Waals surface area contributed by atoms with Gasteiger partial charge in [-0.15, -0.1) is 0 Å². The maximum Gasteiger partial charge on any atom is 0.373 e. The molecule has 0 radical (unpaired) electrons. The number of carbonyl (C=O) groups excluding carboxylic acids is 2. The molecule has 0 aliphatic heterocycles. The summed E-state index contributed by atoms with van der Waals surface area (Å²) < 4.78 is 5.25. The molecule has 4 nitrogen and oxygen atoms in total. The Bertz CT molecular complexity index is 472. The number of fused-ring (bicyclic) bond motifs is 1. The molecule has 0 aliphatic rings. The Hall–Kier alpha value is -1.64. The molecule has 5 heteroatoms. The summed E-state index contributed by atoms with van der Waals surface area (Å²) in [6.07, 6.45) is 1.88. The number of furan rings is 1. The van der Waals surface area contributed by atoms with Crippen LogP contribution in [0.1, 0.15) is 5.76 Å². The van der Waals surface area contributed by atoms with Crippen molar-refractivity contribution in [1.29, 1.82) is 0 Å². The number of hydrogen-bond donors (Lipinski definition) is 0. The summed E-state index contributed by atoms with van der Waals surface area (Å²) in [5, 5.41) is 1.57. The normalized spacial score (nSPS) is 9.00. The van der Waals surface area contributed by atoms with Crippen LogP contribution in [0.15, 0.2) is 22.7 Å². The summed E-state index contributed by atoms with van der Waals surface area (Å²) in [5.74, 6) is 0.834. The van der Waals surface area contributed by atoms with Crippen LogP contribution in [0, 0.1) is 6.92 Å². The van der Waals surface area contributed by atoms with Crippen LogP contribution in [0.4, 0.5) is 0 Å². The van der Waals surface area contributed by atoms with Crippen molar-refractivity contribution >= 4 is 28.9 Å². The van der Waals surface area contributed by atoms with E-state index in [1.165, 1.54) is 0 Å². The van der Waals surface area contributed by atoms with Gasteiger partial charge in [0.25, 0.3) is 0 Å². The van der Waals surface area contributed by atoms with Gasteiger partial charge < -0.3 is 4.42 Å². The fraction of sp³-hybridized carbons (Fsp3) is 0.111. The first-order valence-corrected chi connectivity index (χ1v) is 4.06. The third kappa shape index (κ3) is 2.19. The second kappa shape index (κ2) is 4.56. The van der Waals surface area contributed by atoms with E-state index >= 15 is 0 Å². The van der Waals surface area contributed by atoms with Gasteiger partial charge in [0.05, 0.1) is 10.4 Å². The lowest BCUT2D eigenvalue weighted by molar-refractivity contribution is -0.191. The first-order valence-electron chi connectivity index (χ1n) is 3.69. The van der Waals surface area contributed by atoms with Gasteiger partial charge in [-0.2, -0.15) is 9.59 Å². The Morgan fingerprint density at radius 1 is 1.50 bits per heavy atom. The molecular formula is C9H6ClNO3. The van der Waals surface area contributed by atoms with Gasteiger partial charge in [-0.3, -0.25) is 0 Å². The van der Waals surface area contributed by atoms with E-state index < -0.39 is 0 Å². The highest BCUT2D eigenvalue weighted by atomic mass is 35.5. The van der Waals surface area contributed by atoms with Gasteiger partial charge in [0, 0.05) is 6.20 Å². The highest BCUT2D eigenvalue weighted by molar-refractivity contribution is 6.35. The maximum absolute atomic E-state index is 8.12. The first-order chi connectivity index (χ1) is 6.69. The fourth-order valence-electron chi connectivity index (χ4n) is 1.03. The van der Waals surface area contributed by atoms with Gasteiger partial charge >= 0.3 is 6.15 Å². The third-order valence-electron chi connectivity index (χ3n) is 1.51. The van der Waals surface area contributed by atoms with E-state index in [1.807, 2.05) is 13.0 Å². The van der Waals surface area contributed by atoms with Gasteiger partial charge in [0.2, 0.25) is 5.71 Å². The molecule has 72 valence electrons. The zero-order valence-electron chi connectivity index (χ0n) is 7.28. The van der Waals surface area contributed by atoms with Crippen molar-refractivity contribution in [2.45, 2.75) is 6.92 Å². The number of aromatic nitrogens is 1. The monoisotopic (exact) mass is 211 g/mol. The van der Waals surface area contributed by atoms with Crippen LogP contribution < -0.4 is 0 Å². The summed E-state index contributed by atoms with van der Waals surface area (Å²) in [6, 6.07) is 3.63. The van der Waals surface area contributed by atoms with Gasteiger partial charge in [-0.25, -0.2) is 4.98 Å². The number of rotatable bonds is 0. The smallest absolute Gasteiger partial charge is 0.373 e. The molecule has 0 amide bonds. The minimum Gasteiger partial charge on any atom is -0.443 e. The second-order valence-electron chi connectivity index (χ2n) is 2.45. The number of nitrogens with zero attached hydrogens (tertiary/aromatic N) is 1. The molecule has 0 N–H and O–H groups in total. The lowest BCUT2D eigenvalue weighted by Crippen LogP contribution is -1.70. The van der Waals surface area contributed by atoms with Crippen LogP contribution in [0.2, 0.25) is 5.02 Å². The molecule has 14 heavy (non-hydrogen) atoms. The zero-order valence-corrected chi connectivity index (χ0v) is 8.04. The quantitative estimate of drug-likeness (QED) is 0.670. The Morgan fingerprint density at radius 2 is 2.14 bits per heavy atom. The summed E-state index contributed by atoms with van der Waals surface area (Å²) in [4.78, 5) is 20.3. The van der Waals surface area contributed by atoms with Gasteiger partial charge in [0.15, 0.2) is 0 Å². The summed E-state index contributed by atoms with van der Waals surface area (Å²) in [6.45, 7) is 1.87. The summed E-state index contributed by atoms with van der Waals surface area (Å²) in [5.41, 5.74) is 0.606. The number of pyridine rings is 1. The minimum absolute atomic E-state index is 0.250. The maximum atomic E-state index is 8.12. The Balaban J connectivity index is 0.000000293. The van der Waals surface area contributed by atoms with Crippen LogP contribution in [0.5, 0.6) is 0 Å². The molecule has 2 aromatic heterocycles. The standard InChI is InChI=1S/C8H6ClNO.CO2/c1-5-4-6-7(9)2-3-10-8(6)11-5;2-1-3/h2-4H,1H3;. The lowest BCUT2D eigenvalue weighted by atomic mass is 10.3. The average molecular weight is 212 g/mol. The van der Waals surface area contributed by atoms with Gasteiger partial charge in [0.1, 0.15) is 5.76 Å². The van der Waals surface area contributed by atoms with Gasteiger partial charge in [-0.05, 0) is 19.1 Å². The first kappa shape index (κ1) is 10.4. The van der Waals surface area contributed by atoms with Crippen molar-refractivity contribution in [3.05, 3.63) is 29.1 Å². The molecule has 0 saturated heterocycles. The third-order valence-corrected chi connectivity index (χ3v) is 1.84. The summed E-state index contributed by atoms with van der Waals surface area (Å²) in [7, 11) is 0. The molecule has 0 unspecified atom stereocenters. The van der Waals surface area contributed by atoms with E-state index in [2.05, 4.69) is 4.98 Å². The number of hydrogen-bond acceptors (Lipinski definition) is 4. The molecule has 0 spiro atoms. The second-order valence-corrected chi connectivity index (χ2v) is 2.86. The van der Waals surface area contributed by atoms with Crippen molar-refractivity contribution in [3.8, 4) is 0 Å². The Morgan fingerprint density at radius 3 is 2.71 bits per heavy atom. The van der Waals surface area contributed by atoms with Crippen molar-refractivity contribution in [2.24, 2.45) is 0 Å². The topological polar surface area (TPSA) is 60.2 Å². The van der Waals surface area contributed by atoms with Crippen molar-refractivity contribution < 1.29 is 14.0 Å².